The van der Waals surface area contributed by atoms with Crippen molar-refractivity contribution in [2.75, 3.05) is 13.2 Å². The number of fused-ring (bicyclic) bond motifs is 1. The van der Waals surface area contributed by atoms with Gasteiger partial charge in [0.1, 0.15) is 0 Å². The van der Waals surface area contributed by atoms with Gasteiger partial charge in [0.05, 0.1) is 18.8 Å². The van der Waals surface area contributed by atoms with Crippen LogP contribution in [-0.2, 0) is 16.8 Å². The van der Waals surface area contributed by atoms with E-state index in [9.17, 15) is 4.79 Å². The second-order valence-corrected chi connectivity index (χ2v) is 6.55. The third-order valence-electron chi connectivity index (χ3n) is 3.45. The summed E-state index contributed by atoms with van der Waals surface area (Å²) in [5, 5.41) is 3.89. The third kappa shape index (κ3) is 3.67. The summed E-state index contributed by atoms with van der Waals surface area (Å²) in [7, 11) is 0. The average molecular weight is 332 g/mol. The Kier molecular flexibility index (Phi) is 4.42. The van der Waals surface area contributed by atoms with Gasteiger partial charge in [0.15, 0.2) is 23.9 Å². The topological polar surface area (TPSA) is 83.7 Å². The van der Waals surface area contributed by atoms with E-state index in [1.165, 1.54) is 0 Å². The van der Waals surface area contributed by atoms with Crippen molar-refractivity contribution in [2.24, 2.45) is 0 Å². The van der Waals surface area contributed by atoms with E-state index in [4.69, 9.17) is 18.7 Å². The quantitative estimate of drug-likeness (QED) is 0.799. The molecule has 1 aliphatic rings. The van der Waals surface area contributed by atoms with Gasteiger partial charge < -0.3 is 18.7 Å². The first-order valence-corrected chi connectivity index (χ1v) is 7.83. The van der Waals surface area contributed by atoms with Crippen LogP contribution in [0, 0.1) is 0 Å². The maximum Gasteiger partial charge on any atom is 0.338 e. The smallest absolute Gasteiger partial charge is 0.338 e. The first-order chi connectivity index (χ1) is 11.4. The minimum absolute atomic E-state index is 0.0731. The van der Waals surface area contributed by atoms with Gasteiger partial charge in [-0.25, -0.2) is 4.79 Å². The molecule has 0 saturated carbocycles. The first kappa shape index (κ1) is 16.3. The predicted molar refractivity (Wildman–Crippen MR) is 84.2 cm³/mol. The second kappa shape index (κ2) is 6.51. The van der Waals surface area contributed by atoms with Gasteiger partial charge in [-0.1, -0.05) is 25.9 Å². The zero-order valence-corrected chi connectivity index (χ0v) is 14.0. The van der Waals surface area contributed by atoms with E-state index in [0.717, 1.165) is 6.42 Å². The predicted octanol–water partition coefficient (Wildman–Crippen LogP) is 2.89. The van der Waals surface area contributed by atoms with Crippen molar-refractivity contribution in [3.05, 3.63) is 35.5 Å². The number of carbonyl (C=O) groups is 1. The SMILES string of the molecule is CC(C)(C)c1noc(COC(=O)c2ccc3c(c2)OCCCO3)n1. The normalized spacial score (nSPS) is 14.1. The molecule has 0 fully saturated rings. The summed E-state index contributed by atoms with van der Waals surface area (Å²) in [5.41, 5.74) is 0.162. The van der Waals surface area contributed by atoms with Gasteiger partial charge in [-0.3, -0.25) is 0 Å². The van der Waals surface area contributed by atoms with Crippen LogP contribution in [0.25, 0.3) is 0 Å². The van der Waals surface area contributed by atoms with Crippen LogP contribution >= 0.6 is 0 Å². The van der Waals surface area contributed by atoms with Gasteiger partial charge in [-0.15, -0.1) is 0 Å². The molecule has 0 radical (unpaired) electrons. The van der Waals surface area contributed by atoms with Crippen LogP contribution < -0.4 is 9.47 Å². The highest BCUT2D eigenvalue weighted by Crippen LogP contribution is 2.30. The minimum atomic E-state index is -0.485. The highest BCUT2D eigenvalue weighted by molar-refractivity contribution is 5.90. The van der Waals surface area contributed by atoms with Gasteiger partial charge in [0.25, 0.3) is 5.89 Å². The Morgan fingerprint density at radius 1 is 1.21 bits per heavy atom. The van der Waals surface area contributed by atoms with E-state index >= 15 is 0 Å². The van der Waals surface area contributed by atoms with E-state index in [0.29, 0.717) is 36.1 Å². The maximum absolute atomic E-state index is 12.2. The first-order valence-electron chi connectivity index (χ1n) is 7.83. The van der Waals surface area contributed by atoms with E-state index < -0.39 is 5.97 Å². The lowest BCUT2D eigenvalue weighted by Crippen LogP contribution is -2.13. The molecule has 24 heavy (non-hydrogen) atoms. The molecule has 0 unspecified atom stereocenters. The molecule has 3 rings (SSSR count). The number of carbonyl (C=O) groups excluding carboxylic acids is 1. The van der Waals surface area contributed by atoms with Gasteiger partial charge in [0, 0.05) is 11.8 Å². The molecule has 1 aliphatic heterocycles. The molecular weight excluding hydrogens is 312 g/mol. The molecule has 128 valence electrons. The Morgan fingerprint density at radius 3 is 2.67 bits per heavy atom. The molecule has 0 aliphatic carbocycles. The summed E-state index contributed by atoms with van der Waals surface area (Å²) < 4.78 is 21.4. The Morgan fingerprint density at radius 2 is 1.96 bits per heavy atom. The Balaban J connectivity index is 1.65. The molecule has 0 N–H and O–H groups in total. The summed E-state index contributed by atoms with van der Waals surface area (Å²) in [4.78, 5) is 16.4. The summed E-state index contributed by atoms with van der Waals surface area (Å²) >= 11 is 0. The van der Waals surface area contributed by atoms with Crippen molar-refractivity contribution >= 4 is 5.97 Å². The summed E-state index contributed by atoms with van der Waals surface area (Å²) in [6, 6.07) is 4.98. The third-order valence-corrected chi connectivity index (χ3v) is 3.45. The van der Waals surface area contributed by atoms with Gasteiger partial charge in [-0.05, 0) is 18.2 Å². The number of ether oxygens (including phenoxy) is 3. The fraction of sp³-hybridized carbons (Fsp3) is 0.471. The lowest BCUT2D eigenvalue weighted by Gasteiger charge is -2.10. The van der Waals surface area contributed by atoms with Crippen LogP contribution in [0.1, 0.15) is 49.3 Å². The molecule has 0 amide bonds. The molecule has 7 nitrogen and oxygen atoms in total. The fourth-order valence-corrected chi connectivity index (χ4v) is 2.12. The summed E-state index contributed by atoms with van der Waals surface area (Å²) in [6.45, 7) is 7.02. The molecular formula is C17H20N2O5. The number of benzene rings is 1. The van der Waals surface area contributed by atoms with Gasteiger partial charge >= 0.3 is 5.97 Å². The van der Waals surface area contributed by atoms with Crippen LogP contribution in [0.2, 0.25) is 0 Å². The Bertz CT molecular complexity index is 733. The number of hydrogen-bond acceptors (Lipinski definition) is 7. The standard InChI is InChI=1S/C17H20N2O5/c1-17(2,3)16-18-14(24-19-16)10-23-15(20)11-5-6-12-13(9-11)22-8-4-7-21-12/h5-6,9H,4,7-8,10H2,1-3H3. The molecule has 0 spiro atoms. The van der Waals surface area contributed by atoms with Crippen LogP contribution in [0.4, 0.5) is 0 Å². The lowest BCUT2D eigenvalue weighted by atomic mass is 9.96. The van der Waals surface area contributed by atoms with Crippen LogP contribution in [-0.4, -0.2) is 29.3 Å². The van der Waals surface area contributed by atoms with Crippen molar-refractivity contribution in [1.29, 1.82) is 0 Å². The van der Waals surface area contributed by atoms with Crippen LogP contribution in [0.15, 0.2) is 22.7 Å². The lowest BCUT2D eigenvalue weighted by molar-refractivity contribution is 0.0429. The van der Waals surface area contributed by atoms with Crippen molar-refractivity contribution < 1.29 is 23.5 Å². The number of esters is 1. The number of rotatable bonds is 3. The molecule has 0 saturated heterocycles. The molecule has 1 aromatic heterocycles. The maximum atomic E-state index is 12.2. The summed E-state index contributed by atoms with van der Waals surface area (Å²) in [5.74, 6) is 1.54. The van der Waals surface area contributed by atoms with Crippen LogP contribution in [0.5, 0.6) is 11.5 Å². The monoisotopic (exact) mass is 332 g/mol. The van der Waals surface area contributed by atoms with E-state index in [1.54, 1.807) is 18.2 Å². The van der Waals surface area contributed by atoms with Crippen molar-refractivity contribution in [3.8, 4) is 11.5 Å². The second-order valence-electron chi connectivity index (χ2n) is 6.55. The molecule has 2 aromatic rings. The fourth-order valence-electron chi connectivity index (χ4n) is 2.12. The zero-order chi connectivity index (χ0) is 17.2. The van der Waals surface area contributed by atoms with Crippen molar-refractivity contribution in [1.82, 2.24) is 10.1 Å². The average Bonchev–Trinajstić information content (AvgIpc) is 2.91. The van der Waals surface area contributed by atoms with Crippen molar-refractivity contribution in [3.63, 3.8) is 0 Å². The number of aromatic nitrogens is 2. The van der Waals surface area contributed by atoms with E-state index in [1.807, 2.05) is 20.8 Å². The Hall–Kier alpha value is -2.57. The highest BCUT2D eigenvalue weighted by Gasteiger charge is 2.22. The highest BCUT2D eigenvalue weighted by atomic mass is 16.6. The van der Waals surface area contributed by atoms with Gasteiger partial charge in [0.2, 0.25) is 0 Å². The minimum Gasteiger partial charge on any atom is -0.490 e. The molecule has 2 heterocycles. The Labute approximate surface area is 139 Å². The van der Waals surface area contributed by atoms with E-state index in [-0.39, 0.29) is 17.9 Å². The largest absolute Gasteiger partial charge is 0.490 e. The number of nitrogens with zero attached hydrogens (tertiary/aromatic N) is 2. The molecule has 7 heteroatoms. The number of hydrogen-bond donors (Lipinski definition) is 0. The van der Waals surface area contributed by atoms with E-state index in [2.05, 4.69) is 10.1 Å². The molecule has 0 bridgehead atoms. The van der Waals surface area contributed by atoms with Gasteiger partial charge in [-0.2, -0.15) is 4.98 Å². The van der Waals surface area contributed by atoms with Crippen LogP contribution in [0.3, 0.4) is 0 Å². The van der Waals surface area contributed by atoms with Crippen molar-refractivity contribution in [2.45, 2.75) is 39.2 Å². The molecule has 1 aromatic carbocycles. The molecule has 0 atom stereocenters. The summed E-state index contributed by atoms with van der Waals surface area (Å²) in [6.07, 6.45) is 0.807. The zero-order valence-electron chi connectivity index (χ0n) is 14.0.